The number of carbonyl (C=O) groups excluding carboxylic acids is 1. The molecule has 0 saturated carbocycles. The van der Waals surface area contributed by atoms with Gasteiger partial charge < -0.3 is 0 Å². The Morgan fingerprint density at radius 1 is 1.13 bits per heavy atom. The van der Waals surface area contributed by atoms with Crippen molar-refractivity contribution in [2.75, 3.05) is 0 Å². The molecule has 0 heterocycles. The number of carbonyl (C=O) groups is 1. The van der Waals surface area contributed by atoms with Crippen molar-refractivity contribution >= 4 is 5.91 Å². The van der Waals surface area contributed by atoms with Gasteiger partial charge in [-0.25, -0.2) is 5.48 Å². The van der Waals surface area contributed by atoms with E-state index in [2.05, 4.69) is 26.8 Å². The Balaban J connectivity index is 3.70. The van der Waals surface area contributed by atoms with Crippen LogP contribution in [0.2, 0.25) is 0 Å². The fourth-order valence-electron chi connectivity index (χ4n) is 1.20. The second-order valence-corrected chi connectivity index (χ2v) is 3.94. The van der Waals surface area contributed by atoms with Gasteiger partial charge in [-0.3, -0.25) is 10.0 Å². The fraction of sp³-hybridized carbons (Fsp3) is 0.583. The molecular formula is C12H21NO2. The van der Waals surface area contributed by atoms with E-state index in [0.29, 0.717) is 12.8 Å². The van der Waals surface area contributed by atoms with Crippen molar-refractivity contribution in [1.29, 1.82) is 0 Å². The number of allylic oxidation sites excluding steroid dienone is 4. The highest BCUT2D eigenvalue weighted by Gasteiger charge is 1.96. The van der Waals surface area contributed by atoms with Gasteiger partial charge in [-0.15, -0.1) is 0 Å². The maximum absolute atomic E-state index is 10.7. The summed E-state index contributed by atoms with van der Waals surface area (Å²) in [5, 5.41) is 8.27. The summed E-state index contributed by atoms with van der Waals surface area (Å²) < 4.78 is 0. The van der Waals surface area contributed by atoms with E-state index < -0.39 is 0 Å². The fourth-order valence-corrected chi connectivity index (χ4v) is 1.20. The van der Waals surface area contributed by atoms with Gasteiger partial charge in [-0.2, -0.15) is 0 Å². The Kier molecular flexibility index (Phi) is 7.64. The highest BCUT2D eigenvalue weighted by Crippen LogP contribution is 2.08. The summed E-state index contributed by atoms with van der Waals surface area (Å²) in [5.41, 5.74) is 4.24. The second kappa shape index (κ2) is 8.24. The third-order valence-corrected chi connectivity index (χ3v) is 2.08. The number of nitrogens with one attached hydrogen (secondary N) is 1. The molecule has 0 aromatic heterocycles. The molecule has 0 aromatic carbocycles. The molecule has 0 fully saturated rings. The van der Waals surface area contributed by atoms with Gasteiger partial charge in [0.15, 0.2) is 0 Å². The molecule has 3 heteroatoms. The summed E-state index contributed by atoms with van der Waals surface area (Å²) in [6.07, 6.45) is 7.37. The molecule has 0 unspecified atom stereocenters. The molecule has 3 nitrogen and oxygen atoms in total. The Hall–Kier alpha value is -1.09. The number of amides is 1. The van der Waals surface area contributed by atoms with E-state index in [1.54, 1.807) is 5.48 Å². The molecule has 0 aliphatic carbocycles. The minimum atomic E-state index is -0.330. The average molecular weight is 211 g/mol. The lowest BCUT2D eigenvalue weighted by Crippen LogP contribution is -2.17. The molecule has 15 heavy (non-hydrogen) atoms. The zero-order chi connectivity index (χ0) is 11.7. The van der Waals surface area contributed by atoms with Crippen LogP contribution in [-0.2, 0) is 4.79 Å². The smallest absolute Gasteiger partial charge is 0.243 e. The van der Waals surface area contributed by atoms with Crippen LogP contribution in [0.5, 0.6) is 0 Å². The Morgan fingerprint density at radius 2 is 1.73 bits per heavy atom. The van der Waals surface area contributed by atoms with Gasteiger partial charge in [0.1, 0.15) is 0 Å². The van der Waals surface area contributed by atoms with Crippen molar-refractivity contribution in [1.82, 2.24) is 5.48 Å². The minimum Gasteiger partial charge on any atom is -0.289 e. The lowest BCUT2D eigenvalue weighted by atomic mass is 10.1. The van der Waals surface area contributed by atoms with Crippen LogP contribution in [0, 0.1) is 0 Å². The summed E-state index contributed by atoms with van der Waals surface area (Å²) in [5.74, 6) is -0.330. The quantitative estimate of drug-likeness (QED) is 0.403. The second-order valence-electron chi connectivity index (χ2n) is 3.94. The molecule has 0 bridgehead atoms. The van der Waals surface area contributed by atoms with Crippen LogP contribution in [0.1, 0.15) is 46.5 Å². The first kappa shape index (κ1) is 13.9. The predicted octanol–water partition coefficient (Wildman–Crippen LogP) is 2.96. The minimum absolute atomic E-state index is 0.330. The normalized spacial score (nSPS) is 11.1. The van der Waals surface area contributed by atoms with Crippen molar-refractivity contribution in [3.8, 4) is 0 Å². The number of hydrogen-bond acceptors (Lipinski definition) is 2. The van der Waals surface area contributed by atoms with Crippen LogP contribution >= 0.6 is 0 Å². The topological polar surface area (TPSA) is 49.3 Å². The van der Waals surface area contributed by atoms with Gasteiger partial charge in [0.05, 0.1) is 0 Å². The summed E-state index contributed by atoms with van der Waals surface area (Å²) in [4.78, 5) is 10.7. The Labute approximate surface area is 91.8 Å². The van der Waals surface area contributed by atoms with Crippen molar-refractivity contribution in [3.63, 3.8) is 0 Å². The monoisotopic (exact) mass is 211 g/mol. The van der Waals surface area contributed by atoms with Crippen molar-refractivity contribution in [2.24, 2.45) is 0 Å². The van der Waals surface area contributed by atoms with Crippen molar-refractivity contribution in [2.45, 2.75) is 46.5 Å². The third kappa shape index (κ3) is 9.22. The Bertz CT molecular complexity index is 250. The molecule has 0 radical (unpaired) electrons. The molecular weight excluding hydrogens is 190 g/mol. The first-order valence-corrected chi connectivity index (χ1v) is 5.28. The van der Waals surface area contributed by atoms with Crippen LogP contribution < -0.4 is 5.48 Å². The van der Waals surface area contributed by atoms with Gasteiger partial charge >= 0.3 is 0 Å². The van der Waals surface area contributed by atoms with Crippen molar-refractivity contribution < 1.29 is 10.0 Å². The summed E-state index contributed by atoms with van der Waals surface area (Å²) in [6.45, 7) is 6.24. The predicted molar refractivity (Wildman–Crippen MR) is 61.6 cm³/mol. The molecule has 0 aromatic rings. The van der Waals surface area contributed by atoms with Crippen LogP contribution in [0.25, 0.3) is 0 Å². The number of rotatable bonds is 6. The number of hydrogen-bond donors (Lipinski definition) is 2. The Morgan fingerprint density at radius 3 is 2.27 bits per heavy atom. The first-order chi connectivity index (χ1) is 7.06. The van der Waals surface area contributed by atoms with Gasteiger partial charge in [0.2, 0.25) is 5.91 Å². The van der Waals surface area contributed by atoms with Crippen LogP contribution in [-0.4, -0.2) is 11.1 Å². The van der Waals surface area contributed by atoms with Crippen LogP contribution in [0.15, 0.2) is 23.3 Å². The van der Waals surface area contributed by atoms with E-state index in [1.165, 1.54) is 11.1 Å². The zero-order valence-corrected chi connectivity index (χ0v) is 9.84. The SMILES string of the molecule is CC(C)=CCCC(C)=CCCC(=O)NO. The van der Waals surface area contributed by atoms with E-state index in [-0.39, 0.29) is 5.91 Å². The largest absolute Gasteiger partial charge is 0.289 e. The maximum Gasteiger partial charge on any atom is 0.243 e. The van der Waals surface area contributed by atoms with Crippen molar-refractivity contribution in [3.05, 3.63) is 23.3 Å². The van der Waals surface area contributed by atoms with E-state index in [9.17, 15) is 4.79 Å². The van der Waals surface area contributed by atoms with Gasteiger partial charge in [-0.05, 0) is 40.0 Å². The first-order valence-electron chi connectivity index (χ1n) is 5.28. The summed E-state index contributed by atoms with van der Waals surface area (Å²) in [7, 11) is 0. The highest BCUT2D eigenvalue weighted by atomic mass is 16.5. The van der Waals surface area contributed by atoms with E-state index >= 15 is 0 Å². The molecule has 0 aliphatic rings. The molecule has 0 atom stereocenters. The summed E-state index contributed by atoms with van der Waals surface area (Å²) in [6, 6.07) is 0. The van der Waals surface area contributed by atoms with Gasteiger partial charge in [0, 0.05) is 6.42 Å². The summed E-state index contributed by atoms with van der Waals surface area (Å²) >= 11 is 0. The van der Waals surface area contributed by atoms with E-state index in [0.717, 1.165) is 12.8 Å². The zero-order valence-electron chi connectivity index (χ0n) is 9.84. The molecule has 0 saturated heterocycles. The van der Waals surface area contributed by atoms with Crippen LogP contribution in [0.4, 0.5) is 0 Å². The molecule has 1 amide bonds. The van der Waals surface area contributed by atoms with E-state index in [1.807, 2.05) is 6.08 Å². The van der Waals surface area contributed by atoms with E-state index in [4.69, 9.17) is 5.21 Å². The molecule has 86 valence electrons. The highest BCUT2D eigenvalue weighted by molar-refractivity contribution is 5.74. The lowest BCUT2D eigenvalue weighted by Gasteiger charge is -1.99. The molecule has 0 aliphatic heterocycles. The average Bonchev–Trinajstić information content (AvgIpc) is 2.17. The molecule has 0 rings (SSSR count). The van der Waals surface area contributed by atoms with Gasteiger partial charge in [0.25, 0.3) is 0 Å². The lowest BCUT2D eigenvalue weighted by molar-refractivity contribution is -0.129. The molecule has 0 spiro atoms. The van der Waals surface area contributed by atoms with Crippen LogP contribution in [0.3, 0.4) is 0 Å². The number of hydroxylamine groups is 1. The van der Waals surface area contributed by atoms with Gasteiger partial charge in [-0.1, -0.05) is 23.3 Å². The standard InChI is InChI=1S/C12H21NO2/c1-10(2)6-4-7-11(3)8-5-9-12(14)13-15/h6,8,15H,4-5,7,9H2,1-3H3,(H,13,14). The third-order valence-electron chi connectivity index (χ3n) is 2.08. The maximum atomic E-state index is 10.7. The molecule has 2 N–H and O–H groups in total.